The van der Waals surface area contributed by atoms with E-state index in [2.05, 4.69) is 34.6 Å². The molecular weight excluding hydrogens is 192 g/mol. The maximum Gasteiger partial charge on any atom is 0.509 e. The Balaban J connectivity index is 2.73. The van der Waals surface area contributed by atoms with Crippen molar-refractivity contribution in [3.63, 3.8) is 0 Å². The molecule has 0 N–H and O–H groups in total. The van der Waals surface area contributed by atoms with E-state index in [0.717, 1.165) is 12.8 Å². The van der Waals surface area contributed by atoms with Gasteiger partial charge in [-0.05, 0) is 12.3 Å². The molecule has 15 heavy (non-hydrogen) atoms. The first kappa shape index (κ1) is 12.3. The van der Waals surface area contributed by atoms with Crippen molar-refractivity contribution in [3.8, 4) is 0 Å². The van der Waals surface area contributed by atoms with E-state index in [-0.39, 0.29) is 17.6 Å². The molecule has 0 spiro atoms. The Morgan fingerprint density at radius 3 is 2.40 bits per heavy atom. The van der Waals surface area contributed by atoms with Gasteiger partial charge in [0.05, 0.1) is 0 Å². The molecular formula is C12H22O3. The van der Waals surface area contributed by atoms with Crippen LogP contribution in [0.1, 0.15) is 47.5 Å². The smallest absolute Gasteiger partial charge is 0.427 e. The Labute approximate surface area is 92.1 Å². The number of cyclic esters (lactones) is 2. The van der Waals surface area contributed by atoms with Crippen molar-refractivity contribution in [2.45, 2.75) is 59.7 Å². The second kappa shape index (κ2) is 4.42. The second-order valence-corrected chi connectivity index (χ2v) is 5.50. The zero-order valence-corrected chi connectivity index (χ0v) is 10.4. The third-order valence-corrected chi connectivity index (χ3v) is 2.91. The number of carbonyl (C=O) groups excluding carboxylic acids is 1. The van der Waals surface area contributed by atoms with Crippen LogP contribution in [0, 0.1) is 11.3 Å². The van der Waals surface area contributed by atoms with Crippen LogP contribution in [0.5, 0.6) is 0 Å². The lowest BCUT2D eigenvalue weighted by Gasteiger charge is -2.30. The van der Waals surface area contributed by atoms with Gasteiger partial charge >= 0.3 is 6.16 Å². The number of hydrogen-bond acceptors (Lipinski definition) is 3. The molecule has 0 aromatic rings. The van der Waals surface area contributed by atoms with E-state index < -0.39 is 6.16 Å². The zero-order chi connectivity index (χ0) is 11.6. The van der Waals surface area contributed by atoms with Crippen LogP contribution in [-0.4, -0.2) is 18.4 Å². The van der Waals surface area contributed by atoms with Crippen molar-refractivity contribution in [3.05, 3.63) is 0 Å². The van der Waals surface area contributed by atoms with Crippen molar-refractivity contribution in [2.75, 3.05) is 0 Å². The highest BCUT2D eigenvalue weighted by Crippen LogP contribution is 2.35. The van der Waals surface area contributed by atoms with Crippen molar-refractivity contribution in [1.82, 2.24) is 0 Å². The topological polar surface area (TPSA) is 35.5 Å². The van der Waals surface area contributed by atoms with Crippen molar-refractivity contribution < 1.29 is 14.3 Å². The maximum absolute atomic E-state index is 11.2. The molecule has 3 heteroatoms. The van der Waals surface area contributed by atoms with Crippen LogP contribution in [0.2, 0.25) is 0 Å². The summed E-state index contributed by atoms with van der Waals surface area (Å²) < 4.78 is 10.5. The molecule has 0 aromatic carbocycles. The third kappa shape index (κ3) is 2.86. The van der Waals surface area contributed by atoms with Crippen LogP contribution in [-0.2, 0) is 9.47 Å². The summed E-state index contributed by atoms with van der Waals surface area (Å²) in [4.78, 5) is 11.2. The van der Waals surface area contributed by atoms with Gasteiger partial charge in [-0.1, -0.05) is 41.0 Å². The SMILES string of the molecule is CCCC(C)[C@H]1OC(=O)O[C@H]1C(C)(C)C. The van der Waals surface area contributed by atoms with Crippen LogP contribution < -0.4 is 0 Å². The molecule has 88 valence electrons. The van der Waals surface area contributed by atoms with Crippen LogP contribution >= 0.6 is 0 Å². The van der Waals surface area contributed by atoms with Crippen molar-refractivity contribution in [1.29, 1.82) is 0 Å². The average Bonchev–Trinajstić information content (AvgIpc) is 2.47. The Bertz CT molecular complexity index is 230. The number of carbonyl (C=O) groups is 1. The molecule has 1 unspecified atom stereocenters. The highest BCUT2D eigenvalue weighted by Gasteiger charge is 2.46. The quantitative estimate of drug-likeness (QED) is 0.676. The van der Waals surface area contributed by atoms with Gasteiger partial charge in [-0.2, -0.15) is 0 Å². The Morgan fingerprint density at radius 2 is 1.93 bits per heavy atom. The molecule has 1 saturated heterocycles. The van der Waals surface area contributed by atoms with E-state index in [1.54, 1.807) is 0 Å². The summed E-state index contributed by atoms with van der Waals surface area (Å²) in [5.41, 5.74) is -0.0567. The summed E-state index contributed by atoms with van der Waals surface area (Å²) in [5.74, 6) is 0.366. The Hall–Kier alpha value is -0.730. The van der Waals surface area contributed by atoms with E-state index in [0.29, 0.717) is 5.92 Å². The minimum absolute atomic E-state index is 0.0567. The largest absolute Gasteiger partial charge is 0.509 e. The van der Waals surface area contributed by atoms with Crippen LogP contribution in [0.4, 0.5) is 4.79 Å². The monoisotopic (exact) mass is 214 g/mol. The average molecular weight is 214 g/mol. The normalized spacial score (nSPS) is 28.5. The van der Waals surface area contributed by atoms with Gasteiger partial charge in [-0.25, -0.2) is 4.79 Å². The molecule has 0 amide bonds. The summed E-state index contributed by atoms with van der Waals surface area (Å²) in [6.45, 7) is 10.5. The van der Waals surface area contributed by atoms with Gasteiger partial charge in [0.1, 0.15) is 12.2 Å². The summed E-state index contributed by atoms with van der Waals surface area (Å²) in [5, 5.41) is 0. The maximum atomic E-state index is 11.2. The molecule has 1 heterocycles. The van der Waals surface area contributed by atoms with Gasteiger partial charge in [0, 0.05) is 5.41 Å². The third-order valence-electron chi connectivity index (χ3n) is 2.91. The minimum atomic E-state index is -0.511. The van der Waals surface area contributed by atoms with Crippen LogP contribution in [0.3, 0.4) is 0 Å². The summed E-state index contributed by atoms with van der Waals surface area (Å²) in [7, 11) is 0. The number of rotatable bonds is 3. The van der Waals surface area contributed by atoms with E-state index in [4.69, 9.17) is 9.47 Å². The fraction of sp³-hybridized carbons (Fsp3) is 0.917. The van der Waals surface area contributed by atoms with Gasteiger partial charge in [0.25, 0.3) is 0 Å². The van der Waals surface area contributed by atoms with Gasteiger partial charge in [-0.3, -0.25) is 0 Å². The molecule has 0 bridgehead atoms. The van der Waals surface area contributed by atoms with Gasteiger partial charge in [0.15, 0.2) is 0 Å². The second-order valence-electron chi connectivity index (χ2n) is 5.50. The Kier molecular flexibility index (Phi) is 3.63. The van der Waals surface area contributed by atoms with Crippen LogP contribution in [0.15, 0.2) is 0 Å². The molecule has 1 aliphatic heterocycles. The highest BCUT2D eigenvalue weighted by atomic mass is 16.8. The predicted molar refractivity (Wildman–Crippen MR) is 58.7 cm³/mol. The standard InChI is InChI=1S/C12H22O3/c1-6-7-8(2)9-10(12(3,4)5)15-11(13)14-9/h8-10H,6-7H2,1-5H3/t8?,9-,10-/m1/s1. The molecule has 0 saturated carbocycles. The van der Waals surface area contributed by atoms with E-state index in [1.165, 1.54) is 0 Å². The van der Waals surface area contributed by atoms with E-state index in [9.17, 15) is 4.79 Å². The molecule has 3 nitrogen and oxygen atoms in total. The highest BCUT2D eigenvalue weighted by molar-refractivity contribution is 5.62. The molecule has 1 fully saturated rings. The van der Waals surface area contributed by atoms with E-state index >= 15 is 0 Å². The summed E-state index contributed by atoms with van der Waals surface area (Å²) in [6, 6.07) is 0. The molecule has 1 aliphatic rings. The fourth-order valence-electron chi connectivity index (χ4n) is 2.08. The predicted octanol–water partition coefficient (Wildman–Crippen LogP) is 3.37. The molecule has 0 aliphatic carbocycles. The van der Waals surface area contributed by atoms with Crippen LogP contribution in [0.25, 0.3) is 0 Å². The summed E-state index contributed by atoms with van der Waals surface area (Å²) >= 11 is 0. The minimum Gasteiger partial charge on any atom is -0.427 e. The summed E-state index contributed by atoms with van der Waals surface area (Å²) in [6.07, 6.45) is 1.45. The first-order valence-electron chi connectivity index (χ1n) is 5.73. The molecule has 1 rings (SSSR count). The number of ether oxygens (including phenoxy) is 2. The van der Waals surface area contributed by atoms with Crippen molar-refractivity contribution >= 4 is 6.16 Å². The lowest BCUT2D eigenvalue weighted by atomic mass is 9.81. The number of hydrogen-bond donors (Lipinski definition) is 0. The lowest BCUT2D eigenvalue weighted by Crippen LogP contribution is -2.39. The molecule has 0 aromatic heterocycles. The van der Waals surface area contributed by atoms with Gasteiger partial charge in [-0.15, -0.1) is 0 Å². The molecule has 0 radical (unpaired) electrons. The lowest BCUT2D eigenvalue weighted by molar-refractivity contribution is 0.0279. The van der Waals surface area contributed by atoms with Gasteiger partial charge in [0.2, 0.25) is 0 Å². The fourth-order valence-corrected chi connectivity index (χ4v) is 2.08. The first-order chi connectivity index (χ1) is 6.86. The first-order valence-corrected chi connectivity index (χ1v) is 5.73. The van der Waals surface area contributed by atoms with Gasteiger partial charge < -0.3 is 9.47 Å². The van der Waals surface area contributed by atoms with E-state index in [1.807, 2.05) is 0 Å². The molecule has 3 atom stereocenters. The zero-order valence-electron chi connectivity index (χ0n) is 10.4. The Morgan fingerprint density at radius 1 is 1.33 bits per heavy atom. The van der Waals surface area contributed by atoms with Crippen molar-refractivity contribution in [2.24, 2.45) is 11.3 Å².